The fourth-order valence-electron chi connectivity index (χ4n) is 1.69. The number of nitrogens with two attached hydrogens (primary N) is 1. The van der Waals surface area contributed by atoms with Crippen molar-refractivity contribution in [2.45, 2.75) is 13.8 Å². The minimum absolute atomic E-state index is 0.0451. The van der Waals surface area contributed by atoms with Crippen molar-refractivity contribution in [3.8, 4) is 11.6 Å². The Morgan fingerprint density at radius 2 is 2.05 bits per heavy atom. The molecule has 2 rings (SSSR count). The Morgan fingerprint density at radius 1 is 1.30 bits per heavy atom. The second kappa shape index (κ2) is 5.56. The van der Waals surface area contributed by atoms with Gasteiger partial charge in [0.05, 0.1) is 0 Å². The van der Waals surface area contributed by atoms with Crippen LogP contribution in [0, 0.1) is 19.7 Å². The van der Waals surface area contributed by atoms with E-state index in [-0.39, 0.29) is 11.7 Å². The lowest BCUT2D eigenvalue weighted by Crippen LogP contribution is -2.13. The number of halogens is 1. The van der Waals surface area contributed by atoms with Crippen LogP contribution in [0.4, 0.5) is 4.39 Å². The topological polar surface area (TPSA) is 80.7 Å². The summed E-state index contributed by atoms with van der Waals surface area (Å²) in [5, 5.41) is 11.6. The number of aryl methyl sites for hydroxylation is 2. The Morgan fingerprint density at radius 3 is 2.75 bits per heavy atom. The maximum absolute atomic E-state index is 13.2. The van der Waals surface area contributed by atoms with Gasteiger partial charge in [0.1, 0.15) is 11.6 Å². The normalized spacial score (nSPS) is 11.4. The number of hydrogen-bond donors (Lipinski definition) is 2. The molecule has 1 aromatic carbocycles. The molecule has 0 aliphatic heterocycles. The van der Waals surface area contributed by atoms with E-state index in [0.29, 0.717) is 17.0 Å². The van der Waals surface area contributed by atoms with Gasteiger partial charge in [-0.3, -0.25) is 0 Å². The van der Waals surface area contributed by atoms with Crippen molar-refractivity contribution in [3.05, 3.63) is 53.0 Å². The molecule has 20 heavy (non-hydrogen) atoms. The third-order valence-electron chi connectivity index (χ3n) is 2.70. The summed E-state index contributed by atoms with van der Waals surface area (Å²) < 4.78 is 18.8. The second-order valence-corrected chi connectivity index (χ2v) is 4.33. The molecule has 0 saturated heterocycles. The Bertz CT molecular complexity index is 671. The first-order valence-corrected chi connectivity index (χ1v) is 5.90. The lowest BCUT2D eigenvalue weighted by molar-refractivity contribution is 0.318. The first kappa shape index (κ1) is 13.8. The van der Waals surface area contributed by atoms with Crippen LogP contribution in [0.25, 0.3) is 0 Å². The number of benzene rings is 1. The molecule has 0 radical (unpaired) electrons. The van der Waals surface area contributed by atoms with Crippen molar-refractivity contribution in [1.29, 1.82) is 0 Å². The molecule has 1 aromatic heterocycles. The predicted molar refractivity (Wildman–Crippen MR) is 72.7 cm³/mol. The van der Waals surface area contributed by atoms with Gasteiger partial charge in [-0.1, -0.05) is 11.2 Å². The average molecular weight is 275 g/mol. The summed E-state index contributed by atoms with van der Waals surface area (Å²) in [7, 11) is 0. The number of pyridine rings is 1. The molecule has 0 amide bonds. The Balaban J connectivity index is 2.38. The zero-order valence-corrected chi connectivity index (χ0v) is 11.1. The lowest BCUT2D eigenvalue weighted by atomic mass is 10.2. The molecule has 3 N–H and O–H groups in total. The largest absolute Gasteiger partial charge is 0.439 e. The molecule has 0 unspecified atom stereocenters. The van der Waals surface area contributed by atoms with Crippen LogP contribution in [0.3, 0.4) is 0 Å². The highest BCUT2D eigenvalue weighted by Crippen LogP contribution is 2.25. The molecule has 0 aliphatic rings. The molecule has 0 bridgehead atoms. The van der Waals surface area contributed by atoms with Crippen molar-refractivity contribution in [1.82, 2.24) is 4.98 Å². The standard InChI is InChI=1S/C14H14FN3O2/c1-8-3-4-11(15)7-12(8)20-13-6-10(14(16)18-19)5-9(2)17-13/h3-7,19H,1-2H3,(H2,16,18). The van der Waals surface area contributed by atoms with Crippen molar-refractivity contribution >= 4 is 5.84 Å². The van der Waals surface area contributed by atoms with E-state index in [1.165, 1.54) is 18.2 Å². The Kier molecular flexibility index (Phi) is 3.84. The van der Waals surface area contributed by atoms with Gasteiger partial charge in [0.2, 0.25) is 5.88 Å². The maximum Gasteiger partial charge on any atom is 0.220 e. The number of amidine groups is 1. The first-order valence-electron chi connectivity index (χ1n) is 5.90. The fourth-order valence-corrected chi connectivity index (χ4v) is 1.69. The van der Waals surface area contributed by atoms with E-state index in [4.69, 9.17) is 15.7 Å². The van der Waals surface area contributed by atoms with E-state index in [1.54, 1.807) is 26.0 Å². The molecule has 104 valence electrons. The number of hydrogen-bond acceptors (Lipinski definition) is 4. The third kappa shape index (κ3) is 3.03. The molecule has 0 spiro atoms. The van der Waals surface area contributed by atoms with Crippen molar-refractivity contribution in [2.75, 3.05) is 0 Å². The fraction of sp³-hybridized carbons (Fsp3) is 0.143. The van der Waals surface area contributed by atoms with Gasteiger partial charge in [0.25, 0.3) is 0 Å². The molecule has 0 aliphatic carbocycles. The van der Waals surface area contributed by atoms with Gasteiger partial charge in [-0.15, -0.1) is 0 Å². The predicted octanol–water partition coefficient (Wildman–Crippen LogP) is 2.72. The summed E-state index contributed by atoms with van der Waals surface area (Å²) in [6, 6.07) is 7.42. The van der Waals surface area contributed by atoms with E-state index < -0.39 is 5.82 Å². The van der Waals surface area contributed by atoms with E-state index in [9.17, 15) is 4.39 Å². The van der Waals surface area contributed by atoms with E-state index >= 15 is 0 Å². The summed E-state index contributed by atoms with van der Waals surface area (Å²) in [6.07, 6.45) is 0. The third-order valence-corrected chi connectivity index (χ3v) is 2.70. The van der Waals surface area contributed by atoms with Crippen LogP contribution in [0.2, 0.25) is 0 Å². The van der Waals surface area contributed by atoms with Gasteiger partial charge in [0.15, 0.2) is 5.84 Å². The Labute approximate surface area is 115 Å². The zero-order chi connectivity index (χ0) is 14.7. The van der Waals surface area contributed by atoms with Crippen molar-refractivity contribution < 1.29 is 14.3 Å². The number of nitrogens with zero attached hydrogens (tertiary/aromatic N) is 2. The monoisotopic (exact) mass is 275 g/mol. The highest BCUT2D eigenvalue weighted by molar-refractivity contribution is 5.97. The minimum Gasteiger partial charge on any atom is -0.439 e. The van der Waals surface area contributed by atoms with Crippen molar-refractivity contribution in [3.63, 3.8) is 0 Å². The van der Waals surface area contributed by atoms with Crippen LogP contribution in [0.5, 0.6) is 11.6 Å². The quantitative estimate of drug-likeness (QED) is 0.390. The highest BCUT2D eigenvalue weighted by atomic mass is 19.1. The van der Waals surface area contributed by atoms with Gasteiger partial charge in [-0.2, -0.15) is 0 Å². The molecular formula is C14H14FN3O2. The summed E-state index contributed by atoms with van der Waals surface area (Å²) in [5.74, 6) is 0.181. The molecule has 1 heterocycles. The van der Waals surface area contributed by atoms with Gasteiger partial charge >= 0.3 is 0 Å². The lowest BCUT2D eigenvalue weighted by Gasteiger charge is -2.10. The van der Waals surface area contributed by atoms with Crippen molar-refractivity contribution in [2.24, 2.45) is 10.9 Å². The summed E-state index contributed by atoms with van der Waals surface area (Å²) in [6.45, 7) is 3.55. The SMILES string of the molecule is Cc1cc(/C(N)=N/O)cc(Oc2cc(F)ccc2C)n1. The van der Waals surface area contributed by atoms with E-state index in [2.05, 4.69) is 10.1 Å². The summed E-state index contributed by atoms with van der Waals surface area (Å²) >= 11 is 0. The van der Waals surface area contributed by atoms with Gasteiger partial charge in [-0.05, 0) is 31.5 Å². The van der Waals surface area contributed by atoms with Crippen LogP contribution in [0.15, 0.2) is 35.5 Å². The molecular weight excluding hydrogens is 261 g/mol. The minimum atomic E-state index is -0.394. The Hall–Kier alpha value is -2.63. The summed E-state index contributed by atoms with van der Waals surface area (Å²) in [4.78, 5) is 4.18. The number of rotatable bonds is 3. The smallest absolute Gasteiger partial charge is 0.220 e. The maximum atomic E-state index is 13.2. The second-order valence-electron chi connectivity index (χ2n) is 4.33. The molecule has 0 atom stereocenters. The molecule has 0 fully saturated rings. The first-order chi connectivity index (χ1) is 9.49. The van der Waals surface area contributed by atoms with Crippen LogP contribution in [-0.2, 0) is 0 Å². The van der Waals surface area contributed by atoms with Gasteiger partial charge in [-0.25, -0.2) is 9.37 Å². The van der Waals surface area contributed by atoms with E-state index in [0.717, 1.165) is 5.56 Å². The van der Waals surface area contributed by atoms with E-state index in [1.807, 2.05) is 0 Å². The average Bonchev–Trinajstić information content (AvgIpc) is 2.41. The number of ether oxygens (including phenoxy) is 1. The number of aromatic nitrogens is 1. The highest BCUT2D eigenvalue weighted by Gasteiger charge is 2.08. The van der Waals surface area contributed by atoms with Gasteiger partial charge < -0.3 is 15.7 Å². The van der Waals surface area contributed by atoms with Crippen LogP contribution >= 0.6 is 0 Å². The van der Waals surface area contributed by atoms with Crippen LogP contribution < -0.4 is 10.5 Å². The molecule has 2 aromatic rings. The summed E-state index contributed by atoms with van der Waals surface area (Å²) in [5.41, 5.74) is 7.43. The molecule has 5 nitrogen and oxygen atoms in total. The molecule has 6 heteroatoms. The zero-order valence-electron chi connectivity index (χ0n) is 11.1. The number of oxime groups is 1. The van der Waals surface area contributed by atoms with Crippen LogP contribution in [-0.4, -0.2) is 16.0 Å². The van der Waals surface area contributed by atoms with Gasteiger partial charge in [0, 0.05) is 23.4 Å². The van der Waals surface area contributed by atoms with Crippen LogP contribution in [0.1, 0.15) is 16.8 Å². The molecule has 0 saturated carbocycles.